The summed E-state index contributed by atoms with van der Waals surface area (Å²) < 4.78 is 0. The molecule has 27 heavy (non-hydrogen) atoms. The molecule has 0 aliphatic rings. The van der Waals surface area contributed by atoms with Gasteiger partial charge in [-0.3, -0.25) is 4.79 Å². The van der Waals surface area contributed by atoms with Gasteiger partial charge in [0.05, 0.1) is 12.6 Å². The van der Waals surface area contributed by atoms with Crippen LogP contribution in [-0.2, 0) is 4.79 Å². The van der Waals surface area contributed by atoms with Gasteiger partial charge >= 0.3 is 0 Å². The van der Waals surface area contributed by atoms with E-state index in [4.69, 9.17) is 11.6 Å². The van der Waals surface area contributed by atoms with E-state index in [1.165, 1.54) is 0 Å². The van der Waals surface area contributed by atoms with Crippen LogP contribution in [0.2, 0.25) is 5.02 Å². The second-order valence-corrected chi connectivity index (χ2v) is 6.92. The molecule has 0 fully saturated rings. The monoisotopic (exact) mass is 378 g/mol. The average Bonchev–Trinajstić information content (AvgIpc) is 2.71. The number of carbonyl (C=O) groups excluding carboxylic acids is 1. The number of carbonyl (C=O) groups is 1. The SMILES string of the molecule is C[C@@H](NCC(=O)NC(c1ccccc1)c1ccccc1)c1cccc(Cl)c1. The summed E-state index contributed by atoms with van der Waals surface area (Å²) in [6.07, 6.45) is 0. The van der Waals surface area contributed by atoms with Gasteiger partial charge in [0.2, 0.25) is 5.91 Å². The molecule has 0 saturated heterocycles. The Kier molecular flexibility index (Phi) is 6.64. The topological polar surface area (TPSA) is 41.1 Å². The minimum Gasteiger partial charge on any atom is -0.344 e. The molecule has 0 spiro atoms. The van der Waals surface area contributed by atoms with Crippen LogP contribution in [0.5, 0.6) is 0 Å². The fourth-order valence-corrected chi connectivity index (χ4v) is 3.20. The summed E-state index contributed by atoms with van der Waals surface area (Å²) in [4.78, 5) is 12.6. The highest BCUT2D eigenvalue weighted by atomic mass is 35.5. The molecule has 3 rings (SSSR count). The Labute approximate surface area is 165 Å². The van der Waals surface area contributed by atoms with Crippen molar-refractivity contribution in [2.45, 2.75) is 19.0 Å². The first-order chi connectivity index (χ1) is 13.1. The average molecular weight is 379 g/mol. The van der Waals surface area contributed by atoms with Crippen LogP contribution in [-0.4, -0.2) is 12.5 Å². The van der Waals surface area contributed by atoms with E-state index in [9.17, 15) is 4.79 Å². The molecule has 0 saturated carbocycles. The van der Waals surface area contributed by atoms with Gasteiger partial charge in [-0.2, -0.15) is 0 Å². The third kappa shape index (κ3) is 5.43. The van der Waals surface area contributed by atoms with Gasteiger partial charge < -0.3 is 10.6 Å². The van der Waals surface area contributed by atoms with Crippen LogP contribution in [0.1, 0.15) is 35.7 Å². The predicted octanol–water partition coefficient (Wildman–Crippen LogP) is 4.90. The summed E-state index contributed by atoms with van der Waals surface area (Å²) in [5.74, 6) is -0.0541. The number of rotatable bonds is 7. The zero-order valence-electron chi connectivity index (χ0n) is 15.2. The van der Waals surface area contributed by atoms with Crippen molar-refractivity contribution in [3.63, 3.8) is 0 Å². The zero-order valence-corrected chi connectivity index (χ0v) is 16.0. The van der Waals surface area contributed by atoms with E-state index in [1.807, 2.05) is 91.9 Å². The molecular weight excluding hydrogens is 356 g/mol. The van der Waals surface area contributed by atoms with E-state index < -0.39 is 0 Å². The number of amides is 1. The Morgan fingerprint density at radius 3 is 1.96 bits per heavy atom. The fourth-order valence-electron chi connectivity index (χ4n) is 3.00. The number of hydrogen-bond acceptors (Lipinski definition) is 2. The Morgan fingerprint density at radius 2 is 1.41 bits per heavy atom. The first-order valence-electron chi connectivity index (χ1n) is 9.01. The molecular formula is C23H23ClN2O. The second kappa shape index (κ2) is 9.36. The number of benzene rings is 3. The van der Waals surface area contributed by atoms with Gasteiger partial charge in [0, 0.05) is 11.1 Å². The largest absolute Gasteiger partial charge is 0.344 e. The van der Waals surface area contributed by atoms with Crippen molar-refractivity contribution < 1.29 is 4.79 Å². The fraction of sp³-hybridized carbons (Fsp3) is 0.174. The second-order valence-electron chi connectivity index (χ2n) is 6.48. The number of hydrogen-bond donors (Lipinski definition) is 2. The molecule has 2 N–H and O–H groups in total. The highest BCUT2D eigenvalue weighted by Crippen LogP contribution is 2.22. The lowest BCUT2D eigenvalue weighted by Gasteiger charge is -2.21. The molecule has 0 radical (unpaired) electrons. The lowest BCUT2D eigenvalue weighted by molar-refractivity contribution is -0.120. The summed E-state index contributed by atoms with van der Waals surface area (Å²) in [6.45, 7) is 2.24. The molecule has 3 aromatic rings. The van der Waals surface area contributed by atoms with Crippen molar-refractivity contribution in [1.82, 2.24) is 10.6 Å². The molecule has 0 heterocycles. The van der Waals surface area contributed by atoms with Crippen molar-refractivity contribution in [2.75, 3.05) is 6.54 Å². The van der Waals surface area contributed by atoms with Crippen molar-refractivity contribution in [2.24, 2.45) is 0 Å². The van der Waals surface area contributed by atoms with Crippen molar-refractivity contribution >= 4 is 17.5 Å². The molecule has 1 amide bonds. The molecule has 1 atom stereocenters. The lowest BCUT2D eigenvalue weighted by Crippen LogP contribution is -2.37. The van der Waals surface area contributed by atoms with Crippen LogP contribution in [0.25, 0.3) is 0 Å². The maximum Gasteiger partial charge on any atom is 0.234 e. The molecule has 0 aliphatic carbocycles. The smallest absolute Gasteiger partial charge is 0.234 e. The Hall–Kier alpha value is -2.62. The van der Waals surface area contributed by atoms with Gasteiger partial charge in [-0.15, -0.1) is 0 Å². The van der Waals surface area contributed by atoms with Gasteiger partial charge in [-0.1, -0.05) is 84.4 Å². The summed E-state index contributed by atoms with van der Waals surface area (Å²) in [6, 6.07) is 27.5. The minimum absolute atomic E-state index is 0.0290. The van der Waals surface area contributed by atoms with E-state index in [0.717, 1.165) is 16.7 Å². The summed E-state index contributed by atoms with van der Waals surface area (Å²) in [5.41, 5.74) is 3.16. The van der Waals surface area contributed by atoms with Crippen molar-refractivity contribution in [1.29, 1.82) is 0 Å². The van der Waals surface area contributed by atoms with Crippen molar-refractivity contribution in [3.8, 4) is 0 Å². The molecule has 138 valence electrons. The molecule has 0 aromatic heterocycles. The predicted molar refractivity (Wildman–Crippen MR) is 111 cm³/mol. The number of halogens is 1. The maximum absolute atomic E-state index is 12.6. The Balaban J connectivity index is 1.66. The van der Waals surface area contributed by atoms with E-state index in [2.05, 4.69) is 10.6 Å². The Bertz CT molecular complexity index is 828. The third-order valence-electron chi connectivity index (χ3n) is 4.49. The van der Waals surface area contributed by atoms with E-state index in [1.54, 1.807) is 0 Å². The standard InChI is InChI=1S/C23H23ClN2O/c1-17(20-13-8-14-21(24)15-20)25-16-22(27)26-23(18-9-4-2-5-10-18)19-11-6-3-7-12-19/h2-15,17,23,25H,16H2,1H3,(H,26,27)/t17-/m1/s1. The quantitative estimate of drug-likeness (QED) is 0.614. The van der Waals surface area contributed by atoms with E-state index in [-0.39, 0.29) is 24.5 Å². The first-order valence-corrected chi connectivity index (χ1v) is 9.39. The highest BCUT2D eigenvalue weighted by molar-refractivity contribution is 6.30. The van der Waals surface area contributed by atoms with Gasteiger partial charge in [-0.05, 0) is 35.7 Å². The van der Waals surface area contributed by atoms with Crippen LogP contribution >= 0.6 is 11.6 Å². The normalized spacial score (nSPS) is 12.0. The number of nitrogens with one attached hydrogen (secondary N) is 2. The van der Waals surface area contributed by atoms with Gasteiger partial charge in [-0.25, -0.2) is 0 Å². The van der Waals surface area contributed by atoms with E-state index >= 15 is 0 Å². The molecule has 3 aromatic carbocycles. The van der Waals surface area contributed by atoms with Crippen LogP contribution in [0.4, 0.5) is 0 Å². The highest BCUT2D eigenvalue weighted by Gasteiger charge is 2.17. The summed E-state index contributed by atoms with van der Waals surface area (Å²) >= 11 is 6.05. The van der Waals surface area contributed by atoms with Gasteiger partial charge in [0.25, 0.3) is 0 Å². The maximum atomic E-state index is 12.6. The molecule has 4 heteroatoms. The molecule has 0 aliphatic heterocycles. The zero-order chi connectivity index (χ0) is 19.1. The lowest BCUT2D eigenvalue weighted by atomic mass is 9.99. The summed E-state index contributed by atoms with van der Waals surface area (Å²) in [5, 5.41) is 7.10. The molecule has 0 unspecified atom stereocenters. The van der Waals surface area contributed by atoms with Crippen LogP contribution in [0.15, 0.2) is 84.9 Å². The van der Waals surface area contributed by atoms with Gasteiger partial charge in [0.15, 0.2) is 0 Å². The van der Waals surface area contributed by atoms with Gasteiger partial charge in [0.1, 0.15) is 0 Å². The Morgan fingerprint density at radius 1 is 0.852 bits per heavy atom. The first kappa shape index (κ1) is 19.2. The van der Waals surface area contributed by atoms with Crippen molar-refractivity contribution in [3.05, 3.63) is 107 Å². The van der Waals surface area contributed by atoms with Crippen LogP contribution in [0, 0.1) is 0 Å². The van der Waals surface area contributed by atoms with E-state index in [0.29, 0.717) is 5.02 Å². The van der Waals surface area contributed by atoms with Crippen LogP contribution in [0.3, 0.4) is 0 Å². The van der Waals surface area contributed by atoms with Crippen LogP contribution < -0.4 is 10.6 Å². The third-order valence-corrected chi connectivity index (χ3v) is 4.72. The minimum atomic E-state index is -0.178. The summed E-state index contributed by atoms with van der Waals surface area (Å²) in [7, 11) is 0. The molecule has 0 bridgehead atoms. The molecule has 3 nitrogen and oxygen atoms in total.